The molecule has 1 aliphatic rings. The Morgan fingerprint density at radius 1 is 0.543 bits per heavy atom. The molecule has 0 aliphatic carbocycles. The van der Waals surface area contributed by atoms with E-state index >= 15 is 0 Å². The second-order valence-corrected chi connectivity index (χ2v) is 9.07. The number of nitrogens with zero attached hydrogens (tertiary/aromatic N) is 3. The van der Waals surface area contributed by atoms with Gasteiger partial charge in [0.15, 0.2) is 0 Å². The molecule has 6 rings (SSSR count). The van der Waals surface area contributed by atoms with Crippen LogP contribution in [0, 0.1) is 34.4 Å². The maximum atomic E-state index is 4.52. The van der Waals surface area contributed by atoms with Crippen LogP contribution in [0.4, 0.5) is 11.4 Å². The topological polar surface area (TPSA) is 20.6 Å². The van der Waals surface area contributed by atoms with E-state index in [1.807, 2.05) is 12.1 Å². The van der Waals surface area contributed by atoms with Gasteiger partial charge in [-0.25, -0.2) is 0 Å². The van der Waals surface area contributed by atoms with E-state index in [1.54, 1.807) is 0 Å². The van der Waals surface area contributed by atoms with Gasteiger partial charge in [-0.2, -0.15) is 0 Å². The molecule has 0 fully saturated rings. The number of aromatic nitrogens is 1. The molecule has 0 unspecified atom stereocenters. The molecular weight excluding hydrogens is 611 g/mol. The van der Waals surface area contributed by atoms with E-state index in [-0.39, 0.29) is 22.4 Å². The Morgan fingerprint density at radius 3 is 1.31 bits per heavy atom. The van der Waals surface area contributed by atoms with Crippen LogP contribution in [0.2, 0.25) is 0 Å². The van der Waals surface area contributed by atoms with E-state index in [0.29, 0.717) is 0 Å². The van der Waals surface area contributed by atoms with Crippen LogP contribution in [0.1, 0.15) is 22.3 Å². The third kappa shape index (κ3) is 5.54. The molecule has 1 aromatic heterocycles. The van der Waals surface area contributed by atoms with Gasteiger partial charge in [0.05, 0.1) is 0 Å². The Labute approximate surface area is 223 Å². The number of fused-ring (bicyclic) bond motifs is 3. The maximum absolute atomic E-state index is 4.52. The van der Waals surface area contributed by atoms with Gasteiger partial charge in [-0.05, 0) is 97.4 Å². The first kappa shape index (κ1) is 24.9. The molecule has 0 N–H and O–H groups in total. The molecule has 0 bridgehead atoms. The van der Waals surface area contributed by atoms with Crippen molar-refractivity contribution in [1.29, 1.82) is 0 Å². The van der Waals surface area contributed by atoms with Crippen molar-refractivity contribution in [2.24, 2.45) is 0 Å². The molecule has 4 heteroatoms. The average Bonchev–Trinajstić information content (AvgIpc) is 3.44. The molecule has 1 aliphatic heterocycles. The quantitative estimate of drug-likeness (QED) is 0.145. The van der Waals surface area contributed by atoms with Gasteiger partial charge in [-0.3, -0.25) is 0 Å². The summed E-state index contributed by atoms with van der Waals surface area (Å²) in [4.78, 5) is 8.84. The molecule has 0 saturated carbocycles. The van der Waals surface area contributed by atoms with Gasteiger partial charge in [-0.1, -0.05) is 60.7 Å². The zero-order valence-corrected chi connectivity index (χ0v) is 22.6. The number of aryl methyl sites for hydroxylation is 4. The first-order chi connectivity index (χ1) is 16.5. The number of benzene rings is 4. The minimum atomic E-state index is 0. The van der Waals surface area contributed by atoms with Gasteiger partial charge < -0.3 is 14.8 Å². The first-order valence-electron chi connectivity index (χ1n) is 11.6. The summed E-state index contributed by atoms with van der Waals surface area (Å²) >= 11 is 0. The normalized spacial score (nSPS) is 12.6. The molecule has 3 nitrogen and oxygen atoms in total. The smallest absolute Gasteiger partial charge is 0.0129 e. The average molecular weight is 641 g/mol. The summed E-state index contributed by atoms with van der Waals surface area (Å²) in [6.45, 7) is 10.7. The van der Waals surface area contributed by atoms with Crippen molar-refractivity contribution in [3.05, 3.63) is 126 Å². The van der Waals surface area contributed by atoms with Crippen LogP contribution in [0.5, 0.6) is 0 Å². The largest absolute Gasteiger partial charge is 0.657 e. The molecule has 2 heterocycles. The van der Waals surface area contributed by atoms with Crippen molar-refractivity contribution >= 4 is 33.2 Å². The Hall–Kier alpha value is -3.24. The molecule has 1 radical (unpaired) electrons. The Bertz CT molecular complexity index is 1350. The van der Waals surface area contributed by atoms with Crippen molar-refractivity contribution in [2.75, 3.05) is 9.80 Å². The van der Waals surface area contributed by atoms with Gasteiger partial charge in [-0.15, -0.1) is 17.7 Å². The van der Waals surface area contributed by atoms with Crippen LogP contribution >= 0.6 is 0 Å². The SMILES string of the molecule is Cc1cc(C)cc(N2C=CN(c3cc(C)cc(C)c3)[CH-]2)c1.[Au].c1ccc2c(c1)[n-]c1ccccc12. The van der Waals surface area contributed by atoms with Gasteiger partial charge in [0, 0.05) is 33.8 Å². The Morgan fingerprint density at radius 2 is 0.914 bits per heavy atom. The van der Waals surface area contributed by atoms with Gasteiger partial charge in [0.2, 0.25) is 0 Å². The van der Waals surface area contributed by atoms with Crippen molar-refractivity contribution in [3.8, 4) is 0 Å². The van der Waals surface area contributed by atoms with Crippen LogP contribution < -0.4 is 14.8 Å². The molecule has 0 spiro atoms. The van der Waals surface area contributed by atoms with E-state index in [1.165, 1.54) is 44.4 Å². The maximum Gasteiger partial charge on any atom is 0.0129 e. The second-order valence-electron chi connectivity index (χ2n) is 9.07. The second kappa shape index (κ2) is 10.6. The molecular formula is C31H29AuN3-2. The number of rotatable bonds is 2. The van der Waals surface area contributed by atoms with Crippen LogP contribution in [-0.2, 0) is 22.4 Å². The molecule has 4 aromatic carbocycles. The van der Waals surface area contributed by atoms with Gasteiger partial charge >= 0.3 is 0 Å². The summed E-state index contributed by atoms with van der Waals surface area (Å²) in [5.74, 6) is 0. The molecule has 35 heavy (non-hydrogen) atoms. The van der Waals surface area contributed by atoms with Gasteiger partial charge in [0.1, 0.15) is 0 Å². The Kier molecular flexibility index (Phi) is 7.51. The fourth-order valence-corrected chi connectivity index (χ4v) is 4.59. The van der Waals surface area contributed by atoms with E-state index in [9.17, 15) is 0 Å². The monoisotopic (exact) mass is 640 g/mol. The molecule has 5 aromatic rings. The third-order valence-electron chi connectivity index (χ3n) is 5.99. The van der Waals surface area contributed by atoms with Gasteiger partial charge in [0.25, 0.3) is 0 Å². The van der Waals surface area contributed by atoms with Crippen LogP contribution in [0.15, 0.2) is 97.3 Å². The van der Waals surface area contributed by atoms with Crippen LogP contribution in [0.25, 0.3) is 21.8 Å². The van der Waals surface area contributed by atoms with E-state index in [0.717, 1.165) is 11.0 Å². The van der Waals surface area contributed by atoms with Crippen molar-refractivity contribution < 1.29 is 22.4 Å². The predicted octanol–water partition coefficient (Wildman–Crippen LogP) is 7.79. The minimum Gasteiger partial charge on any atom is -0.657 e. The number of hydrogen-bond donors (Lipinski definition) is 0. The number of hydrogen-bond acceptors (Lipinski definition) is 2. The Balaban J connectivity index is 0.000000177. The summed E-state index contributed by atoms with van der Waals surface area (Å²) in [5, 5.41) is 2.50. The standard InChI is InChI=1S/C19H21N2.C12H8N.Au/c1-14-7-15(2)10-18(9-14)20-5-6-21(13-20)19-11-16(3)8-17(4)12-19;1-3-7-11-9(5-1)10-6-2-4-8-12(10)13-11;/h5-13H,1-4H3;1-8H;/q2*-1;. The molecule has 0 atom stereocenters. The summed E-state index contributed by atoms with van der Waals surface area (Å²) in [6, 6.07) is 29.7. The summed E-state index contributed by atoms with van der Waals surface area (Å²) in [7, 11) is 0. The molecule has 0 saturated heterocycles. The summed E-state index contributed by atoms with van der Waals surface area (Å²) in [6.07, 6.45) is 4.21. The first-order valence-corrected chi connectivity index (χ1v) is 11.6. The van der Waals surface area contributed by atoms with E-state index in [2.05, 4.69) is 134 Å². The zero-order chi connectivity index (χ0) is 23.7. The number of anilines is 2. The fourth-order valence-electron chi connectivity index (χ4n) is 4.59. The van der Waals surface area contributed by atoms with Crippen LogP contribution in [0.3, 0.4) is 0 Å². The third-order valence-corrected chi connectivity index (χ3v) is 5.99. The summed E-state index contributed by atoms with van der Waals surface area (Å²) in [5.41, 5.74) is 9.74. The zero-order valence-electron chi connectivity index (χ0n) is 20.5. The van der Waals surface area contributed by atoms with E-state index < -0.39 is 0 Å². The van der Waals surface area contributed by atoms with E-state index in [4.69, 9.17) is 0 Å². The van der Waals surface area contributed by atoms with Crippen molar-refractivity contribution in [2.45, 2.75) is 27.7 Å². The predicted molar refractivity (Wildman–Crippen MR) is 145 cm³/mol. The fraction of sp³-hybridized carbons (Fsp3) is 0.129. The summed E-state index contributed by atoms with van der Waals surface area (Å²) < 4.78 is 0. The van der Waals surface area contributed by atoms with Crippen molar-refractivity contribution in [1.82, 2.24) is 4.98 Å². The minimum absolute atomic E-state index is 0. The molecule has 181 valence electrons. The molecule has 0 amide bonds. The number of para-hydroxylation sites is 2. The van der Waals surface area contributed by atoms with Crippen LogP contribution in [-0.4, -0.2) is 0 Å². The van der Waals surface area contributed by atoms with Crippen molar-refractivity contribution in [3.63, 3.8) is 0 Å².